The summed E-state index contributed by atoms with van der Waals surface area (Å²) in [6.07, 6.45) is 0.143. The molecule has 0 radical (unpaired) electrons. The molecule has 1 aromatic heterocycles. The fraction of sp³-hybridized carbons (Fsp3) is 0.300. The van der Waals surface area contributed by atoms with Crippen molar-refractivity contribution in [2.75, 3.05) is 6.61 Å². The highest BCUT2D eigenvalue weighted by molar-refractivity contribution is 5.94. The number of ketones is 1. The summed E-state index contributed by atoms with van der Waals surface area (Å²) in [4.78, 5) is 15.9. The van der Waals surface area contributed by atoms with Gasteiger partial charge in [-0.1, -0.05) is 19.1 Å². The van der Waals surface area contributed by atoms with Gasteiger partial charge < -0.3 is 14.4 Å². The second-order valence-electron chi connectivity index (χ2n) is 6.03. The zero-order valence-electron chi connectivity index (χ0n) is 14.5. The number of carbonyl (C=O) groups is 1. The molecule has 1 unspecified atom stereocenters. The van der Waals surface area contributed by atoms with Crippen LogP contribution in [0.5, 0.6) is 5.75 Å². The van der Waals surface area contributed by atoms with Crippen molar-refractivity contribution in [3.05, 3.63) is 59.9 Å². The fourth-order valence-electron chi connectivity index (χ4n) is 2.84. The molecule has 1 atom stereocenters. The topological polar surface area (TPSA) is 64.3 Å². The van der Waals surface area contributed by atoms with Gasteiger partial charge in [0, 0.05) is 12.0 Å². The lowest BCUT2D eigenvalue weighted by Crippen LogP contribution is -2.24. The average molecular weight is 338 g/mol. The summed E-state index contributed by atoms with van der Waals surface area (Å²) >= 11 is 0. The van der Waals surface area contributed by atoms with Crippen LogP contribution in [0.15, 0.2) is 48.5 Å². The number of aliphatic hydroxyl groups is 1. The molecule has 2 aromatic carbocycles. The van der Waals surface area contributed by atoms with E-state index in [1.807, 2.05) is 28.8 Å². The zero-order chi connectivity index (χ0) is 17.8. The molecule has 0 amide bonds. The lowest BCUT2D eigenvalue weighted by atomic mass is 10.1. The van der Waals surface area contributed by atoms with Crippen molar-refractivity contribution in [3.8, 4) is 5.75 Å². The van der Waals surface area contributed by atoms with Crippen LogP contribution < -0.4 is 4.74 Å². The Hall–Kier alpha value is -2.66. The number of aliphatic hydroxyl groups excluding tert-OH is 1. The minimum Gasteiger partial charge on any atom is -0.491 e. The van der Waals surface area contributed by atoms with E-state index in [0.717, 1.165) is 23.3 Å². The van der Waals surface area contributed by atoms with E-state index in [1.165, 1.54) is 6.92 Å². The van der Waals surface area contributed by atoms with E-state index in [4.69, 9.17) is 4.74 Å². The number of para-hydroxylation sites is 2. The maximum atomic E-state index is 11.3. The number of ether oxygens (including phenoxy) is 1. The van der Waals surface area contributed by atoms with E-state index < -0.39 is 6.10 Å². The number of nitrogens with zero attached hydrogens (tertiary/aromatic N) is 2. The third-order valence-corrected chi connectivity index (χ3v) is 4.15. The molecule has 0 saturated carbocycles. The summed E-state index contributed by atoms with van der Waals surface area (Å²) in [6, 6.07) is 14.9. The molecule has 1 N–H and O–H groups in total. The normalized spacial score (nSPS) is 12.3. The first-order valence-corrected chi connectivity index (χ1v) is 8.44. The zero-order valence-corrected chi connectivity index (χ0v) is 14.5. The third kappa shape index (κ3) is 3.88. The molecule has 1 heterocycles. The van der Waals surface area contributed by atoms with Crippen LogP contribution in [0.1, 0.15) is 30.0 Å². The van der Waals surface area contributed by atoms with E-state index in [9.17, 15) is 9.90 Å². The van der Waals surface area contributed by atoms with Crippen molar-refractivity contribution in [3.63, 3.8) is 0 Å². The SMILES string of the molecule is CCc1nc2ccccc2n1CC(O)COc1ccc(C(C)=O)cc1. The van der Waals surface area contributed by atoms with Gasteiger partial charge in [0.1, 0.15) is 24.3 Å². The van der Waals surface area contributed by atoms with Gasteiger partial charge in [-0.15, -0.1) is 0 Å². The third-order valence-electron chi connectivity index (χ3n) is 4.15. The second-order valence-corrected chi connectivity index (χ2v) is 6.03. The number of carbonyl (C=O) groups excluding carboxylic acids is 1. The van der Waals surface area contributed by atoms with Crippen LogP contribution in [0.2, 0.25) is 0 Å². The smallest absolute Gasteiger partial charge is 0.159 e. The number of Topliss-reactive ketones (excluding diaryl/α,β-unsaturated/α-hetero) is 1. The number of benzene rings is 2. The second kappa shape index (κ2) is 7.49. The maximum absolute atomic E-state index is 11.3. The molecule has 0 aliphatic rings. The van der Waals surface area contributed by atoms with Gasteiger partial charge >= 0.3 is 0 Å². The summed E-state index contributed by atoms with van der Waals surface area (Å²) in [5.74, 6) is 1.60. The average Bonchev–Trinajstić information content (AvgIpc) is 2.98. The molecule has 0 aliphatic heterocycles. The quantitative estimate of drug-likeness (QED) is 0.672. The van der Waals surface area contributed by atoms with Gasteiger partial charge in [-0.05, 0) is 43.3 Å². The summed E-state index contributed by atoms with van der Waals surface area (Å²) < 4.78 is 7.69. The number of hydrogen-bond acceptors (Lipinski definition) is 4. The van der Waals surface area contributed by atoms with Crippen molar-refractivity contribution in [2.24, 2.45) is 0 Å². The predicted octanol–water partition coefficient (Wildman–Crippen LogP) is 3.24. The van der Waals surface area contributed by atoms with Crippen LogP contribution in [-0.2, 0) is 13.0 Å². The van der Waals surface area contributed by atoms with Gasteiger partial charge in [-0.25, -0.2) is 4.98 Å². The lowest BCUT2D eigenvalue weighted by Gasteiger charge is -2.15. The molecular formula is C20H22N2O3. The van der Waals surface area contributed by atoms with E-state index >= 15 is 0 Å². The summed E-state index contributed by atoms with van der Waals surface area (Å²) in [7, 11) is 0. The number of hydrogen-bond donors (Lipinski definition) is 1. The Bertz CT molecular complexity index is 868. The van der Waals surface area contributed by atoms with Crippen LogP contribution in [-0.4, -0.2) is 33.2 Å². The van der Waals surface area contributed by atoms with Crippen LogP contribution >= 0.6 is 0 Å². The molecule has 0 saturated heterocycles. The van der Waals surface area contributed by atoms with Gasteiger partial charge in [-0.2, -0.15) is 0 Å². The largest absolute Gasteiger partial charge is 0.491 e. The Morgan fingerprint density at radius 2 is 1.92 bits per heavy atom. The van der Waals surface area contributed by atoms with Crippen molar-refractivity contribution >= 4 is 16.8 Å². The van der Waals surface area contributed by atoms with E-state index in [0.29, 0.717) is 17.9 Å². The molecule has 5 heteroatoms. The van der Waals surface area contributed by atoms with Crippen LogP contribution in [0, 0.1) is 0 Å². The first-order chi connectivity index (χ1) is 12.1. The minimum absolute atomic E-state index is 0.0191. The van der Waals surface area contributed by atoms with Crippen molar-refractivity contribution in [1.82, 2.24) is 9.55 Å². The molecule has 0 spiro atoms. The highest BCUT2D eigenvalue weighted by atomic mass is 16.5. The van der Waals surface area contributed by atoms with Gasteiger partial charge in [0.05, 0.1) is 17.6 Å². The monoisotopic (exact) mass is 338 g/mol. The number of rotatable bonds is 7. The molecule has 3 rings (SSSR count). The molecule has 0 bridgehead atoms. The highest BCUT2D eigenvalue weighted by Crippen LogP contribution is 2.18. The molecule has 5 nitrogen and oxygen atoms in total. The maximum Gasteiger partial charge on any atom is 0.159 e. The Labute approximate surface area is 146 Å². The molecule has 130 valence electrons. The molecule has 3 aromatic rings. The number of aryl methyl sites for hydroxylation is 1. The first-order valence-electron chi connectivity index (χ1n) is 8.44. The summed E-state index contributed by atoms with van der Waals surface area (Å²) in [5.41, 5.74) is 2.60. The highest BCUT2D eigenvalue weighted by Gasteiger charge is 2.13. The van der Waals surface area contributed by atoms with Gasteiger partial charge in [0.25, 0.3) is 0 Å². The molecule has 0 fully saturated rings. The Balaban J connectivity index is 1.66. The Morgan fingerprint density at radius 3 is 2.60 bits per heavy atom. The fourth-order valence-corrected chi connectivity index (χ4v) is 2.84. The van der Waals surface area contributed by atoms with Crippen molar-refractivity contribution in [2.45, 2.75) is 32.9 Å². The summed E-state index contributed by atoms with van der Waals surface area (Å²) in [5, 5.41) is 10.4. The molecular weight excluding hydrogens is 316 g/mol. The first kappa shape index (κ1) is 17.2. The number of imidazole rings is 1. The lowest BCUT2D eigenvalue weighted by molar-refractivity contribution is 0.0926. The molecule has 25 heavy (non-hydrogen) atoms. The van der Waals surface area contributed by atoms with E-state index in [-0.39, 0.29) is 12.4 Å². The Morgan fingerprint density at radius 1 is 1.20 bits per heavy atom. The number of fused-ring (bicyclic) bond motifs is 1. The van der Waals surface area contributed by atoms with Crippen LogP contribution in [0.25, 0.3) is 11.0 Å². The van der Waals surface area contributed by atoms with E-state index in [1.54, 1.807) is 24.3 Å². The van der Waals surface area contributed by atoms with Crippen LogP contribution in [0.3, 0.4) is 0 Å². The predicted molar refractivity (Wildman–Crippen MR) is 97.1 cm³/mol. The van der Waals surface area contributed by atoms with Gasteiger partial charge in [0.2, 0.25) is 0 Å². The summed E-state index contributed by atoms with van der Waals surface area (Å²) in [6.45, 7) is 4.18. The minimum atomic E-state index is -0.657. The molecule has 0 aliphatic carbocycles. The van der Waals surface area contributed by atoms with Gasteiger partial charge in [-0.3, -0.25) is 4.79 Å². The van der Waals surface area contributed by atoms with Crippen LogP contribution in [0.4, 0.5) is 0 Å². The standard InChI is InChI=1S/C20H22N2O3/c1-3-20-21-18-6-4-5-7-19(18)22(20)12-16(24)13-25-17-10-8-15(9-11-17)14(2)23/h4-11,16,24H,3,12-13H2,1-2H3. The van der Waals surface area contributed by atoms with Crippen molar-refractivity contribution in [1.29, 1.82) is 0 Å². The Kier molecular flexibility index (Phi) is 5.14. The number of aromatic nitrogens is 2. The van der Waals surface area contributed by atoms with Gasteiger partial charge in [0.15, 0.2) is 5.78 Å². The van der Waals surface area contributed by atoms with Crippen molar-refractivity contribution < 1.29 is 14.6 Å². The van der Waals surface area contributed by atoms with E-state index in [2.05, 4.69) is 11.9 Å².